The van der Waals surface area contributed by atoms with Gasteiger partial charge in [0.2, 0.25) is 0 Å². The molecule has 0 saturated carbocycles. The van der Waals surface area contributed by atoms with E-state index in [-0.39, 0.29) is 11.7 Å². The second kappa shape index (κ2) is 7.21. The standard InChI is InChI=1S/C18H28N2O3/c1-12(23-18(5,6)7)14(15(21)17(2,3)4)20-16(22)13-9-8-10-19-11-13/h8-12,14H,1-7H3,(H,20,22). The van der Waals surface area contributed by atoms with Crippen molar-refractivity contribution in [3.63, 3.8) is 0 Å². The lowest BCUT2D eigenvalue weighted by Crippen LogP contribution is -2.53. The van der Waals surface area contributed by atoms with Gasteiger partial charge in [-0.15, -0.1) is 0 Å². The maximum absolute atomic E-state index is 12.7. The molecule has 1 aromatic heterocycles. The fraction of sp³-hybridized carbons (Fsp3) is 0.611. The highest BCUT2D eigenvalue weighted by atomic mass is 16.5. The molecule has 2 atom stereocenters. The highest BCUT2D eigenvalue weighted by molar-refractivity contribution is 5.99. The van der Waals surface area contributed by atoms with Crippen molar-refractivity contribution in [1.29, 1.82) is 0 Å². The Hall–Kier alpha value is -1.75. The summed E-state index contributed by atoms with van der Waals surface area (Å²) in [7, 11) is 0. The summed E-state index contributed by atoms with van der Waals surface area (Å²) in [5.74, 6) is -0.392. The molecule has 1 heterocycles. The molecule has 0 aliphatic carbocycles. The molecule has 5 heteroatoms. The molecule has 0 spiro atoms. The molecule has 0 aliphatic rings. The van der Waals surface area contributed by atoms with Crippen LogP contribution >= 0.6 is 0 Å². The second-order valence-corrected chi connectivity index (χ2v) is 7.74. The molecule has 23 heavy (non-hydrogen) atoms. The minimum atomic E-state index is -0.720. The summed E-state index contributed by atoms with van der Waals surface area (Å²) in [6.07, 6.45) is 2.63. The summed E-state index contributed by atoms with van der Waals surface area (Å²) >= 11 is 0. The van der Waals surface area contributed by atoms with Crippen LogP contribution in [0.2, 0.25) is 0 Å². The summed E-state index contributed by atoms with van der Waals surface area (Å²) < 4.78 is 5.90. The first-order chi connectivity index (χ1) is 10.4. The molecule has 5 nitrogen and oxygen atoms in total. The molecule has 0 saturated heterocycles. The SMILES string of the molecule is CC(OC(C)(C)C)C(NC(=O)c1cccnc1)C(=O)C(C)(C)C. The molecule has 0 fully saturated rings. The number of hydrogen-bond acceptors (Lipinski definition) is 4. The summed E-state index contributed by atoms with van der Waals surface area (Å²) in [6, 6.07) is 2.63. The number of nitrogens with one attached hydrogen (secondary N) is 1. The molecule has 128 valence electrons. The molecule has 1 aromatic rings. The molecular formula is C18H28N2O3. The number of hydrogen-bond donors (Lipinski definition) is 1. The topological polar surface area (TPSA) is 68.3 Å². The Morgan fingerprint density at radius 2 is 1.78 bits per heavy atom. The number of carbonyl (C=O) groups is 2. The minimum Gasteiger partial charge on any atom is -0.370 e. The minimum absolute atomic E-state index is 0.0634. The Labute approximate surface area is 138 Å². The molecular weight excluding hydrogens is 292 g/mol. The zero-order chi connectivity index (χ0) is 17.8. The highest BCUT2D eigenvalue weighted by Crippen LogP contribution is 2.22. The zero-order valence-corrected chi connectivity index (χ0v) is 15.1. The van der Waals surface area contributed by atoms with Crippen LogP contribution in [0.5, 0.6) is 0 Å². The van der Waals surface area contributed by atoms with Gasteiger partial charge in [-0.2, -0.15) is 0 Å². The molecule has 0 aromatic carbocycles. The Balaban J connectivity index is 3.00. The number of pyridine rings is 1. The molecule has 1 N–H and O–H groups in total. The highest BCUT2D eigenvalue weighted by Gasteiger charge is 2.36. The van der Waals surface area contributed by atoms with Crippen LogP contribution in [0.4, 0.5) is 0 Å². The molecule has 1 rings (SSSR count). The third-order valence-corrected chi connectivity index (χ3v) is 3.24. The van der Waals surface area contributed by atoms with Gasteiger partial charge in [0.25, 0.3) is 5.91 Å². The van der Waals surface area contributed by atoms with Crippen molar-refractivity contribution < 1.29 is 14.3 Å². The molecule has 0 radical (unpaired) electrons. The maximum Gasteiger partial charge on any atom is 0.253 e. The van der Waals surface area contributed by atoms with Crippen LogP contribution in [0.15, 0.2) is 24.5 Å². The van der Waals surface area contributed by atoms with Gasteiger partial charge in [0.05, 0.1) is 17.3 Å². The van der Waals surface area contributed by atoms with Gasteiger partial charge in [-0.1, -0.05) is 20.8 Å². The first-order valence-corrected chi connectivity index (χ1v) is 7.85. The molecule has 0 aliphatic heterocycles. The van der Waals surface area contributed by atoms with E-state index >= 15 is 0 Å². The fourth-order valence-electron chi connectivity index (χ4n) is 2.21. The van der Waals surface area contributed by atoms with Crippen LogP contribution in [-0.2, 0) is 9.53 Å². The Morgan fingerprint density at radius 1 is 1.17 bits per heavy atom. The number of nitrogens with zero attached hydrogens (tertiary/aromatic N) is 1. The Bertz CT molecular complexity index is 542. The quantitative estimate of drug-likeness (QED) is 0.905. The normalized spacial score (nSPS) is 14.9. The van der Waals surface area contributed by atoms with Gasteiger partial charge in [0.1, 0.15) is 6.04 Å². The van der Waals surface area contributed by atoms with Crippen LogP contribution in [0, 0.1) is 5.41 Å². The number of amides is 1. The van der Waals surface area contributed by atoms with Crippen LogP contribution in [0.25, 0.3) is 0 Å². The first kappa shape index (κ1) is 19.3. The van der Waals surface area contributed by atoms with Crippen molar-refractivity contribution >= 4 is 11.7 Å². The van der Waals surface area contributed by atoms with Crippen molar-refractivity contribution in [2.45, 2.75) is 66.2 Å². The lowest BCUT2D eigenvalue weighted by atomic mass is 9.84. The largest absolute Gasteiger partial charge is 0.370 e. The lowest BCUT2D eigenvalue weighted by molar-refractivity contribution is -0.136. The van der Waals surface area contributed by atoms with E-state index in [4.69, 9.17) is 4.74 Å². The number of Topliss-reactive ketones (excluding diaryl/α,β-unsaturated/α-hetero) is 1. The van der Waals surface area contributed by atoms with E-state index in [9.17, 15) is 9.59 Å². The number of ether oxygens (including phenoxy) is 1. The number of ketones is 1. The van der Waals surface area contributed by atoms with Crippen molar-refractivity contribution in [1.82, 2.24) is 10.3 Å². The van der Waals surface area contributed by atoms with Gasteiger partial charge in [-0.05, 0) is 39.8 Å². The average Bonchev–Trinajstić information content (AvgIpc) is 2.41. The third-order valence-electron chi connectivity index (χ3n) is 3.24. The van der Waals surface area contributed by atoms with E-state index in [2.05, 4.69) is 10.3 Å². The number of rotatable bonds is 5. The summed E-state index contributed by atoms with van der Waals surface area (Å²) in [4.78, 5) is 29.1. The predicted octanol–water partition coefficient (Wildman–Crippen LogP) is 3.00. The smallest absolute Gasteiger partial charge is 0.253 e. The van der Waals surface area contributed by atoms with Crippen LogP contribution in [-0.4, -0.2) is 34.4 Å². The summed E-state index contributed by atoms with van der Waals surface area (Å²) in [5.41, 5.74) is -0.570. The zero-order valence-electron chi connectivity index (χ0n) is 15.1. The third kappa shape index (κ3) is 6.10. The van der Waals surface area contributed by atoms with E-state index in [1.807, 2.05) is 48.5 Å². The maximum atomic E-state index is 12.7. The van der Waals surface area contributed by atoms with E-state index in [0.717, 1.165) is 0 Å². The molecule has 1 amide bonds. The van der Waals surface area contributed by atoms with E-state index in [1.165, 1.54) is 6.20 Å². The van der Waals surface area contributed by atoms with Gasteiger partial charge in [0.15, 0.2) is 5.78 Å². The van der Waals surface area contributed by atoms with Gasteiger partial charge in [-0.25, -0.2) is 0 Å². The molecule has 2 unspecified atom stereocenters. The van der Waals surface area contributed by atoms with Gasteiger partial charge < -0.3 is 10.1 Å². The van der Waals surface area contributed by atoms with Gasteiger partial charge in [0, 0.05) is 17.8 Å². The van der Waals surface area contributed by atoms with Gasteiger partial charge in [-0.3, -0.25) is 14.6 Å². The van der Waals surface area contributed by atoms with Crippen molar-refractivity contribution in [3.05, 3.63) is 30.1 Å². The Morgan fingerprint density at radius 3 is 2.22 bits per heavy atom. The van der Waals surface area contributed by atoms with Crippen molar-refractivity contribution in [2.75, 3.05) is 0 Å². The van der Waals surface area contributed by atoms with E-state index < -0.39 is 23.2 Å². The van der Waals surface area contributed by atoms with Crippen LogP contribution in [0.1, 0.15) is 58.8 Å². The van der Waals surface area contributed by atoms with Crippen LogP contribution in [0.3, 0.4) is 0 Å². The fourth-order valence-corrected chi connectivity index (χ4v) is 2.21. The lowest BCUT2D eigenvalue weighted by Gasteiger charge is -2.33. The van der Waals surface area contributed by atoms with Crippen molar-refractivity contribution in [3.8, 4) is 0 Å². The monoisotopic (exact) mass is 320 g/mol. The summed E-state index contributed by atoms with van der Waals surface area (Å²) in [5, 5.41) is 2.81. The Kier molecular flexibility index (Phi) is 6.05. The number of carbonyl (C=O) groups excluding carboxylic acids is 2. The molecule has 0 bridgehead atoms. The van der Waals surface area contributed by atoms with Crippen LogP contribution < -0.4 is 5.32 Å². The van der Waals surface area contributed by atoms with E-state index in [0.29, 0.717) is 5.56 Å². The van der Waals surface area contributed by atoms with Gasteiger partial charge >= 0.3 is 0 Å². The van der Waals surface area contributed by atoms with Crippen molar-refractivity contribution in [2.24, 2.45) is 5.41 Å². The van der Waals surface area contributed by atoms with E-state index in [1.54, 1.807) is 18.3 Å². The predicted molar refractivity (Wildman–Crippen MR) is 90.3 cm³/mol. The second-order valence-electron chi connectivity index (χ2n) is 7.74. The average molecular weight is 320 g/mol. The number of aromatic nitrogens is 1. The summed E-state index contributed by atoms with van der Waals surface area (Å²) in [6.45, 7) is 13.1. The first-order valence-electron chi connectivity index (χ1n) is 7.85.